The topological polar surface area (TPSA) is 37.3 Å². The second-order valence-electron chi connectivity index (χ2n) is 6.99. The quantitative estimate of drug-likeness (QED) is 0.270. The van der Waals surface area contributed by atoms with Crippen LogP contribution in [0.3, 0.4) is 0 Å². The maximum absolute atomic E-state index is 10.9. The fourth-order valence-corrected chi connectivity index (χ4v) is 3.08. The highest BCUT2D eigenvalue weighted by Crippen LogP contribution is 2.12. The summed E-state index contributed by atoms with van der Waals surface area (Å²) in [5.41, 5.74) is 1.54. The molecular weight excluding hydrogens is 308 g/mol. The van der Waals surface area contributed by atoms with E-state index in [9.17, 15) is 4.79 Å². The lowest BCUT2D eigenvalue weighted by molar-refractivity contribution is 0.0696. The summed E-state index contributed by atoms with van der Waals surface area (Å²) in [5, 5.41) is 9.00. The van der Waals surface area contributed by atoms with Crippen LogP contribution in [0.1, 0.15) is 99.9 Å². The van der Waals surface area contributed by atoms with Gasteiger partial charge in [-0.25, -0.2) is 4.79 Å². The van der Waals surface area contributed by atoms with Crippen molar-refractivity contribution in [2.45, 2.75) is 90.4 Å². The van der Waals surface area contributed by atoms with Crippen molar-refractivity contribution in [3.63, 3.8) is 0 Å². The predicted molar refractivity (Wildman–Crippen MR) is 107 cm³/mol. The Hall–Kier alpha value is -1.57. The first kappa shape index (κ1) is 21.5. The zero-order valence-electron chi connectivity index (χ0n) is 16.0. The molecule has 0 bridgehead atoms. The maximum Gasteiger partial charge on any atom is 0.335 e. The lowest BCUT2D eigenvalue weighted by Crippen LogP contribution is -1.97. The number of unbranched alkanes of at least 4 members (excludes halogenated alkanes) is 10. The van der Waals surface area contributed by atoms with Crippen LogP contribution < -0.4 is 0 Å². The van der Waals surface area contributed by atoms with Crippen molar-refractivity contribution in [1.29, 1.82) is 0 Å². The number of hydrogen-bond acceptors (Lipinski definition) is 1. The molecule has 0 saturated carbocycles. The van der Waals surface area contributed by atoms with Crippen molar-refractivity contribution in [2.75, 3.05) is 0 Å². The van der Waals surface area contributed by atoms with Gasteiger partial charge in [0.25, 0.3) is 0 Å². The second-order valence-corrected chi connectivity index (χ2v) is 6.99. The molecule has 25 heavy (non-hydrogen) atoms. The van der Waals surface area contributed by atoms with Crippen molar-refractivity contribution in [3.8, 4) is 0 Å². The van der Waals surface area contributed by atoms with E-state index >= 15 is 0 Å². The summed E-state index contributed by atoms with van der Waals surface area (Å²) >= 11 is 0. The summed E-state index contributed by atoms with van der Waals surface area (Å²) in [5.74, 6) is -0.837. The van der Waals surface area contributed by atoms with Gasteiger partial charge in [0.15, 0.2) is 0 Å². The Kier molecular flexibility index (Phi) is 12.7. The minimum Gasteiger partial charge on any atom is -0.478 e. The van der Waals surface area contributed by atoms with E-state index in [0.717, 1.165) is 18.4 Å². The Balaban J connectivity index is 1.93. The average Bonchev–Trinajstić information content (AvgIpc) is 2.62. The van der Waals surface area contributed by atoms with Crippen molar-refractivity contribution in [1.82, 2.24) is 0 Å². The Labute approximate surface area is 154 Å². The molecule has 2 nitrogen and oxygen atoms in total. The number of allylic oxidation sites excluding steroid dienone is 2. The molecule has 1 N–H and O–H groups in total. The van der Waals surface area contributed by atoms with Crippen LogP contribution >= 0.6 is 0 Å². The van der Waals surface area contributed by atoms with Crippen LogP contribution in [0.25, 0.3) is 0 Å². The summed E-state index contributed by atoms with van der Waals surface area (Å²) in [6.45, 7) is 2.26. The van der Waals surface area contributed by atoms with E-state index in [1.54, 1.807) is 12.1 Å². The lowest BCUT2D eigenvalue weighted by atomic mass is 10.0. The average molecular weight is 345 g/mol. The highest BCUT2D eigenvalue weighted by atomic mass is 16.4. The molecule has 140 valence electrons. The third-order valence-corrected chi connectivity index (χ3v) is 4.65. The summed E-state index contributed by atoms with van der Waals surface area (Å²) in [6.07, 6.45) is 21.3. The van der Waals surface area contributed by atoms with Gasteiger partial charge in [-0.05, 0) is 56.2 Å². The largest absolute Gasteiger partial charge is 0.478 e. The number of carboxylic acids is 1. The number of rotatable bonds is 15. The fraction of sp³-hybridized carbons (Fsp3) is 0.609. The van der Waals surface area contributed by atoms with Crippen molar-refractivity contribution in [3.05, 3.63) is 47.5 Å². The van der Waals surface area contributed by atoms with Crippen molar-refractivity contribution >= 4 is 5.97 Å². The molecule has 0 atom stereocenters. The van der Waals surface area contributed by atoms with E-state index in [1.165, 1.54) is 70.6 Å². The van der Waals surface area contributed by atoms with Gasteiger partial charge in [-0.1, -0.05) is 76.2 Å². The van der Waals surface area contributed by atoms with Crippen molar-refractivity contribution in [2.24, 2.45) is 0 Å². The number of aryl methyl sites for hydroxylation is 1. The zero-order chi connectivity index (χ0) is 18.2. The number of hydrogen-bond donors (Lipinski definition) is 1. The van der Waals surface area contributed by atoms with E-state index in [0.29, 0.717) is 5.56 Å². The molecule has 0 heterocycles. The molecule has 0 unspecified atom stereocenters. The monoisotopic (exact) mass is 344 g/mol. The Morgan fingerprint density at radius 3 is 2.12 bits per heavy atom. The van der Waals surface area contributed by atoms with Gasteiger partial charge in [0, 0.05) is 0 Å². The molecule has 2 heteroatoms. The van der Waals surface area contributed by atoms with Gasteiger partial charge in [0.05, 0.1) is 5.56 Å². The highest BCUT2D eigenvalue weighted by Gasteiger charge is 2.02. The zero-order valence-corrected chi connectivity index (χ0v) is 16.0. The van der Waals surface area contributed by atoms with Gasteiger partial charge >= 0.3 is 5.97 Å². The molecule has 0 amide bonds. The maximum atomic E-state index is 10.9. The van der Waals surface area contributed by atoms with E-state index in [4.69, 9.17) is 5.11 Å². The smallest absolute Gasteiger partial charge is 0.335 e. The Morgan fingerprint density at radius 2 is 1.48 bits per heavy atom. The number of aromatic carboxylic acids is 1. The van der Waals surface area contributed by atoms with Gasteiger partial charge in [0.2, 0.25) is 0 Å². The van der Waals surface area contributed by atoms with E-state index in [-0.39, 0.29) is 0 Å². The predicted octanol–water partition coefficient (Wildman–Crippen LogP) is 7.18. The number of carboxylic acid groups (broad SMARTS) is 1. The third-order valence-electron chi connectivity index (χ3n) is 4.65. The standard InChI is InChI=1S/C23H36O2/c1-2-3-4-5-6-7-8-9-10-11-12-13-14-15-17-21-18-16-19-22(20-21)23(24)25/h8-9,16,18-20H,2-7,10-15,17H2,1H3,(H,24,25). The van der Waals surface area contributed by atoms with Gasteiger partial charge < -0.3 is 5.11 Å². The van der Waals surface area contributed by atoms with Crippen LogP contribution in [0.2, 0.25) is 0 Å². The van der Waals surface area contributed by atoms with Crippen LogP contribution in [0, 0.1) is 0 Å². The molecule has 0 aromatic heterocycles. The molecule has 0 aliphatic carbocycles. The minimum atomic E-state index is -0.837. The number of benzene rings is 1. The Morgan fingerprint density at radius 1 is 0.880 bits per heavy atom. The molecule has 0 saturated heterocycles. The number of carbonyl (C=O) groups is 1. The molecule has 1 aromatic rings. The van der Waals surface area contributed by atoms with Gasteiger partial charge in [-0.2, -0.15) is 0 Å². The third kappa shape index (κ3) is 11.6. The highest BCUT2D eigenvalue weighted by molar-refractivity contribution is 5.87. The first-order chi connectivity index (χ1) is 12.2. The summed E-state index contributed by atoms with van der Waals surface area (Å²) < 4.78 is 0. The van der Waals surface area contributed by atoms with Gasteiger partial charge in [-0.3, -0.25) is 0 Å². The molecule has 0 aliphatic rings. The van der Waals surface area contributed by atoms with E-state index in [2.05, 4.69) is 19.1 Å². The second kappa shape index (κ2) is 14.7. The van der Waals surface area contributed by atoms with Gasteiger partial charge in [-0.15, -0.1) is 0 Å². The van der Waals surface area contributed by atoms with Crippen LogP contribution in [-0.2, 0) is 6.42 Å². The molecule has 0 radical (unpaired) electrons. The Bertz CT molecular complexity index is 491. The first-order valence-electron chi connectivity index (χ1n) is 10.2. The van der Waals surface area contributed by atoms with E-state index in [1.807, 2.05) is 12.1 Å². The van der Waals surface area contributed by atoms with E-state index < -0.39 is 5.97 Å². The van der Waals surface area contributed by atoms with Crippen LogP contribution in [0.4, 0.5) is 0 Å². The van der Waals surface area contributed by atoms with Crippen LogP contribution in [0.15, 0.2) is 36.4 Å². The van der Waals surface area contributed by atoms with Crippen LogP contribution in [-0.4, -0.2) is 11.1 Å². The van der Waals surface area contributed by atoms with Crippen molar-refractivity contribution < 1.29 is 9.90 Å². The molecule has 0 spiro atoms. The molecule has 0 fully saturated rings. The molecular formula is C23H36O2. The normalized spacial score (nSPS) is 11.2. The van der Waals surface area contributed by atoms with Gasteiger partial charge in [0.1, 0.15) is 0 Å². The minimum absolute atomic E-state index is 0.398. The SMILES string of the molecule is CCCCCCCC=CCCCCCCCc1cccc(C(=O)O)c1. The first-order valence-corrected chi connectivity index (χ1v) is 10.2. The van der Waals surface area contributed by atoms with Crippen LogP contribution in [0.5, 0.6) is 0 Å². The summed E-state index contributed by atoms with van der Waals surface area (Å²) in [6, 6.07) is 7.33. The summed E-state index contributed by atoms with van der Waals surface area (Å²) in [7, 11) is 0. The molecule has 0 aliphatic heterocycles. The fourth-order valence-electron chi connectivity index (χ4n) is 3.08. The molecule has 1 aromatic carbocycles. The summed E-state index contributed by atoms with van der Waals surface area (Å²) in [4.78, 5) is 10.9. The lowest BCUT2D eigenvalue weighted by Gasteiger charge is -2.03. The molecule has 1 rings (SSSR count).